The summed E-state index contributed by atoms with van der Waals surface area (Å²) in [7, 11) is 1.58. The van der Waals surface area contributed by atoms with E-state index < -0.39 is 5.97 Å². The Morgan fingerprint density at radius 3 is 2.31 bits per heavy atom. The number of hydrogen-bond acceptors (Lipinski definition) is 3. The monoisotopic (exact) mass is 388 g/mol. The molecule has 0 heterocycles. The number of carboxylic acid groups (broad SMARTS) is 1. The van der Waals surface area contributed by atoms with Gasteiger partial charge in [0, 0.05) is 5.56 Å². The highest BCUT2D eigenvalue weighted by atomic mass is 16.5. The van der Waals surface area contributed by atoms with Gasteiger partial charge in [-0.05, 0) is 48.2 Å². The van der Waals surface area contributed by atoms with E-state index in [1.165, 1.54) is 5.56 Å². The lowest BCUT2D eigenvalue weighted by Gasteiger charge is -2.11. The average Bonchev–Trinajstić information content (AvgIpc) is 2.76. The van der Waals surface area contributed by atoms with Crippen LogP contribution in [0.4, 0.5) is 0 Å². The number of carboxylic acids is 1. The fourth-order valence-electron chi connectivity index (χ4n) is 3.03. The maximum atomic E-state index is 11.8. The third-order valence-corrected chi connectivity index (χ3v) is 4.56. The summed E-state index contributed by atoms with van der Waals surface area (Å²) in [5, 5.41) is 9.71. The average molecular weight is 388 g/mol. The Morgan fingerprint density at radius 2 is 1.62 bits per heavy atom. The van der Waals surface area contributed by atoms with Gasteiger partial charge in [0.2, 0.25) is 0 Å². The molecule has 0 saturated carbocycles. The zero-order valence-corrected chi connectivity index (χ0v) is 16.4. The molecule has 0 aliphatic carbocycles. The van der Waals surface area contributed by atoms with Gasteiger partial charge in [-0.1, -0.05) is 60.7 Å². The molecule has 0 saturated heterocycles. The van der Waals surface area contributed by atoms with E-state index in [0.717, 1.165) is 18.4 Å². The Kier molecular flexibility index (Phi) is 7.06. The first-order valence-electron chi connectivity index (χ1n) is 9.52. The SMILES string of the molecule is COc1ccc(/C(=C/c2ccccc2OCCCc2ccccc2)C(=O)O)cc1. The fraction of sp³-hybridized carbons (Fsp3) is 0.160. The van der Waals surface area contributed by atoms with Crippen LogP contribution in [-0.2, 0) is 11.2 Å². The highest BCUT2D eigenvalue weighted by molar-refractivity contribution is 6.20. The van der Waals surface area contributed by atoms with E-state index in [-0.39, 0.29) is 5.57 Å². The summed E-state index contributed by atoms with van der Waals surface area (Å²) in [5.74, 6) is 0.363. The van der Waals surface area contributed by atoms with E-state index in [4.69, 9.17) is 9.47 Å². The van der Waals surface area contributed by atoms with Crippen LogP contribution in [0.15, 0.2) is 78.9 Å². The molecule has 0 unspecified atom stereocenters. The van der Waals surface area contributed by atoms with E-state index >= 15 is 0 Å². The third-order valence-electron chi connectivity index (χ3n) is 4.56. The van der Waals surface area contributed by atoms with E-state index in [1.807, 2.05) is 42.5 Å². The minimum atomic E-state index is -0.992. The number of carbonyl (C=O) groups is 1. The van der Waals surface area contributed by atoms with Gasteiger partial charge in [0.15, 0.2) is 0 Å². The first-order chi connectivity index (χ1) is 14.2. The second kappa shape index (κ2) is 10.1. The predicted molar refractivity (Wildman–Crippen MR) is 115 cm³/mol. The summed E-state index contributed by atoms with van der Waals surface area (Å²) < 4.78 is 11.1. The molecule has 1 N–H and O–H groups in total. The number of benzene rings is 3. The summed E-state index contributed by atoms with van der Waals surface area (Å²) in [5.41, 5.74) is 2.82. The van der Waals surface area contributed by atoms with Gasteiger partial charge in [0.05, 0.1) is 19.3 Å². The highest BCUT2D eigenvalue weighted by Crippen LogP contribution is 2.26. The molecule has 29 heavy (non-hydrogen) atoms. The van der Waals surface area contributed by atoms with Crippen molar-refractivity contribution in [1.82, 2.24) is 0 Å². The molecule has 148 valence electrons. The number of rotatable bonds is 9. The van der Waals surface area contributed by atoms with E-state index in [2.05, 4.69) is 12.1 Å². The van der Waals surface area contributed by atoms with Crippen molar-refractivity contribution in [1.29, 1.82) is 0 Å². The highest BCUT2D eigenvalue weighted by Gasteiger charge is 2.12. The van der Waals surface area contributed by atoms with Crippen LogP contribution in [0.25, 0.3) is 11.6 Å². The number of methoxy groups -OCH3 is 1. The lowest BCUT2D eigenvalue weighted by Crippen LogP contribution is -2.02. The largest absolute Gasteiger partial charge is 0.497 e. The molecule has 0 atom stereocenters. The molecular formula is C25H24O4. The van der Waals surface area contributed by atoms with E-state index in [1.54, 1.807) is 37.5 Å². The normalized spacial score (nSPS) is 11.1. The molecule has 3 aromatic carbocycles. The summed E-state index contributed by atoms with van der Waals surface area (Å²) in [4.78, 5) is 11.8. The van der Waals surface area contributed by atoms with Crippen molar-refractivity contribution in [2.24, 2.45) is 0 Å². The summed E-state index contributed by atoms with van der Waals surface area (Å²) in [6.45, 7) is 0.560. The van der Waals surface area contributed by atoms with Crippen molar-refractivity contribution in [2.45, 2.75) is 12.8 Å². The quantitative estimate of drug-likeness (QED) is 0.306. The maximum Gasteiger partial charge on any atom is 0.336 e. The Balaban J connectivity index is 1.74. The van der Waals surface area contributed by atoms with Crippen LogP contribution < -0.4 is 9.47 Å². The van der Waals surface area contributed by atoms with Crippen molar-refractivity contribution in [3.05, 3.63) is 95.6 Å². The van der Waals surface area contributed by atoms with Crippen molar-refractivity contribution in [3.8, 4) is 11.5 Å². The Bertz CT molecular complexity index is 960. The van der Waals surface area contributed by atoms with Crippen LogP contribution in [0, 0.1) is 0 Å². The number of aliphatic carboxylic acids is 1. The summed E-state index contributed by atoms with van der Waals surface area (Å²) in [6.07, 6.45) is 3.47. The van der Waals surface area contributed by atoms with E-state index in [9.17, 15) is 9.90 Å². The molecule has 4 heteroatoms. The minimum absolute atomic E-state index is 0.202. The summed E-state index contributed by atoms with van der Waals surface area (Å²) in [6, 6.07) is 24.7. The van der Waals surface area contributed by atoms with Crippen LogP contribution in [0.3, 0.4) is 0 Å². The third kappa shape index (κ3) is 5.72. The molecule has 0 fully saturated rings. The molecule has 4 nitrogen and oxygen atoms in total. The van der Waals surface area contributed by atoms with Gasteiger partial charge in [-0.2, -0.15) is 0 Å². The second-order valence-electron chi connectivity index (χ2n) is 6.57. The van der Waals surface area contributed by atoms with Gasteiger partial charge in [-0.25, -0.2) is 4.79 Å². The van der Waals surface area contributed by atoms with Gasteiger partial charge in [-0.15, -0.1) is 0 Å². The predicted octanol–water partition coefficient (Wildman–Crippen LogP) is 5.33. The van der Waals surface area contributed by atoms with Gasteiger partial charge >= 0.3 is 5.97 Å². The molecule has 0 spiro atoms. The smallest absolute Gasteiger partial charge is 0.336 e. The number of para-hydroxylation sites is 1. The van der Waals surface area contributed by atoms with Gasteiger partial charge in [0.1, 0.15) is 11.5 Å². The first-order valence-corrected chi connectivity index (χ1v) is 9.52. The van der Waals surface area contributed by atoms with Crippen molar-refractivity contribution < 1.29 is 19.4 Å². The number of hydrogen-bond donors (Lipinski definition) is 1. The van der Waals surface area contributed by atoms with Crippen LogP contribution in [0.5, 0.6) is 11.5 Å². The van der Waals surface area contributed by atoms with Gasteiger partial charge in [0.25, 0.3) is 0 Å². The summed E-state index contributed by atoms with van der Waals surface area (Å²) >= 11 is 0. The van der Waals surface area contributed by atoms with Crippen LogP contribution >= 0.6 is 0 Å². The van der Waals surface area contributed by atoms with Crippen LogP contribution in [0.2, 0.25) is 0 Å². The Hall–Kier alpha value is -3.53. The molecular weight excluding hydrogens is 364 g/mol. The molecule has 0 aliphatic rings. The maximum absolute atomic E-state index is 11.8. The fourth-order valence-corrected chi connectivity index (χ4v) is 3.03. The molecule has 0 bridgehead atoms. The molecule has 3 rings (SSSR count). The van der Waals surface area contributed by atoms with Crippen molar-refractivity contribution >= 4 is 17.6 Å². The molecule has 0 aromatic heterocycles. The lowest BCUT2D eigenvalue weighted by atomic mass is 10.0. The standard InChI is InChI=1S/C25H24O4/c1-28-22-15-13-20(14-16-22)23(25(26)27)18-21-11-5-6-12-24(21)29-17-7-10-19-8-3-2-4-9-19/h2-6,8-9,11-16,18H,7,10,17H2,1H3,(H,26,27)/b23-18-. The lowest BCUT2D eigenvalue weighted by molar-refractivity contribution is -0.130. The zero-order valence-electron chi connectivity index (χ0n) is 16.4. The van der Waals surface area contributed by atoms with Crippen LogP contribution in [-0.4, -0.2) is 24.8 Å². The Labute approximate surface area is 171 Å². The molecule has 0 amide bonds. The number of aryl methyl sites for hydroxylation is 1. The van der Waals surface area contributed by atoms with E-state index in [0.29, 0.717) is 23.7 Å². The topological polar surface area (TPSA) is 55.8 Å². The van der Waals surface area contributed by atoms with Crippen molar-refractivity contribution in [2.75, 3.05) is 13.7 Å². The molecule has 0 aliphatic heterocycles. The second-order valence-corrected chi connectivity index (χ2v) is 6.57. The van der Waals surface area contributed by atoms with Gasteiger partial charge < -0.3 is 14.6 Å². The Morgan fingerprint density at radius 1 is 0.931 bits per heavy atom. The van der Waals surface area contributed by atoms with Crippen LogP contribution in [0.1, 0.15) is 23.1 Å². The minimum Gasteiger partial charge on any atom is -0.497 e. The molecule has 0 radical (unpaired) electrons. The first kappa shape index (κ1) is 20.2. The number of ether oxygens (including phenoxy) is 2. The zero-order chi connectivity index (χ0) is 20.5. The molecule has 3 aromatic rings. The van der Waals surface area contributed by atoms with Gasteiger partial charge in [-0.3, -0.25) is 0 Å². The van der Waals surface area contributed by atoms with Crippen molar-refractivity contribution in [3.63, 3.8) is 0 Å².